The van der Waals surface area contributed by atoms with E-state index in [1.165, 1.54) is 0 Å². The monoisotopic (exact) mass is 333 g/mol. The van der Waals surface area contributed by atoms with Crippen LogP contribution in [0.1, 0.15) is 37.0 Å². The van der Waals surface area contributed by atoms with E-state index in [1.807, 2.05) is 13.8 Å². The average molecular weight is 335 g/mol. The first-order chi connectivity index (χ1) is 8.48. The lowest BCUT2D eigenvalue weighted by molar-refractivity contribution is 0.0817. The van der Waals surface area contributed by atoms with Crippen LogP contribution in [0.15, 0.2) is 22.7 Å². The summed E-state index contributed by atoms with van der Waals surface area (Å²) in [6, 6.07) is 5.00. The lowest BCUT2D eigenvalue weighted by Crippen LogP contribution is -2.50. The number of rotatable bonds is 5. The predicted molar refractivity (Wildman–Crippen MR) is 77.0 cm³/mol. The Morgan fingerprint density at radius 3 is 2.50 bits per heavy atom. The molecule has 0 aromatic heterocycles. The molecule has 0 aliphatic carbocycles. The van der Waals surface area contributed by atoms with Gasteiger partial charge in [0, 0.05) is 9.50 Å². The van der Waals surface area contributed by atoms with Crippen LogP contribution < -0.4 is 5.32 Å². The summed E-state index contributed by atoms with van der Waals surface area (Å²) in [4.78, 5) is 12.2. The summed E-state index contributed by atoms with van der Waals surface area (Å²) >= 11 is 9.15. The van der Waals surface area contributed by atoms with Gasteiger partial charge in [-0.05, 0) is 47.0 Å². The van der Waals surface area contributed by atoms with Crippen LogP contribution in [0.4, 0.5) is 0 Å². The van der Waals surface area contributed by atoms with Crippen LogP contribution in [0, 0.1) is 0 Å². The normalized spacial score (nSPS) is 11.4. The van der Waals surface area contributed by atoms with Gasteiger partial charge in [0.2, 0.25) is 0 Å². The molecular formula is C13H17BrClNO2. The highest BCUT2D eigenvalue weighted by atomic mass is 79.9. The Hall–Kier alpha value is -0.580. The standard InChI is InChI=1S/C13H17BrClNO2/c1-3-13(4-2,8-17)16-12(18)10-6-5-9(15)7-11(10)14/h5-7,17H,3-4,8H2,1-2H3,(H,16,18). The fraction of sp³-hybridized carbons (Fsp3) is 0.462. The number of carbonyl (C=O) groups excluding carboxylic acids is 1. The Morgan fingerprint density at radius 2 is 2.06 bits per heavy atom. The molecule has 0 spiro atoms. The fourth-order valence-corrected chi connectivity index (χ4v) is 2.53. The largest absolute Gasteiger partial charge is 0.394 e. The maximum atomic E-state index is 12.2. The Labute approximate surface area is 121 Å². The number of benzene rings is 1. The van der Waals surface area contributed by atoms with Gasteiger partial charge in [-0.3, -0.25) is 4.79 Å². The van der Waals surface area contributed by atoms with E-state index >= 15 is 0 Å². The molecular weight excluding hydrogens is 318 g/mol. The average Bonchev–Trinajstić information content (AvgIpc) is 2.36. The van der Waals surface area contributed by atoms with E-state index in [4.69, 9.17) is 11.6 Å². The molecule has 0 aliphatic rings. The zero-order valence-corrected chi connectivity index (χ0v) is 12.8. The molecule has 0 bridgehead atoms. The van der Waals surface area contributed by atoms with Crippen LogP contribution in [-0.2, 0) is 0 Å². The number of hydrogen-bond acceptors (Lipinski definition) is 2. The summed E-state index contributed by atoms with van der Waals surface area (Å²) in [6.07, 6.45) is 1.36. The van der Waals surface area contributed by atoms with E-state index in [-0.39, 0.29) is 12.5 Å². The minimum atomic E-state index is -0.559. The number of hydrogen-bond donors (Lipinski definition) is 2. The molecule has 3 nitrogen and oxygen atoms in total. The van der Waals surface area contributed by atoms with E-state index in [0.29, 0.717) is 27.9 Å². The summed E-state index contributed by atoms with van der Waals surface area (Å²) in [5.74, 6) is -0.212. The van der Waals surface area contributed by atoms with Crippen molar-refractivity contribution < 1.29 is 9.90 Å². The molecule has 1 aromatic rings. The lowest BCUT2D eigenvalue weighted by atomic mass is 9.93. The first kappa shape index (κ1) is 15.5. The molecule has 0 unspecified atom stereocenters. The van der Waals surface area contributed by atoms with Crippen molar-refractivity contribution in [2.75, 3.05) is 6.61 Å². The third kappa shape index (κ3) is 3.46. The third-order valence-corrected chi connectivity index (χ3v) is 4.10. The predicted octanol–water partition coefficient (Wildman–Crippen LogP) is 3.38. The van der Waals surface area contributed by atoms with Crippen LogP contribution in [0.5, 0.6) is 0 Å². The number of carbonyl (C=O) groups is 1. The van der Waals surface area contributed by atoms with Gasteiger partial charge in [-0.2, -0.15) is 0 Å². The smallest absolute Gasteiger partial charge is 0.252 e. The molecule has 5 heteroatoms. The molecule has 0 saturated carbocycles. The van der Waals surface area contributed by atoms with Gasteiger partial charge in [0.1, 0.15) is 0 Å². The minimum Gasteiger partial charge on any atom is -0.394 e. The Morgan fingerprint density at radius 1 is 1.44 bits per heavy atom. The summed E-state index contributed by atoms with van der Waals surface area (Å²) in [5, 5.41) is 12.9. The van der Waals surface area contributed by atoms with E-state index in [2.05, 4.69) is 21.2 Å². The molecule has 2 N–H and O–H groups in total. The lowest BCUT2D eigenvalue weighted by Gasteiger charge is -2.30. The second-order valence-electron chi connectivity index (χ2n) is 4.22. The van der Waals surface area contributed by atoms with E-state index in [0.717, 1.165) is 0 Å². The molecule has 0 aliphatic heterocycles. The number of halogens is 2. The van der Waals surface area contributed by atoms with Gasteiger partial charge >= 0.3 is 0 Å². The second kappa shape index (κ2) is 6.55. The van der Waals surface area contributed by atoms with Crippen LogP contribution >= 0.6 is 27.5 Å². The zero-order valence-electron chi connectivity index (χ0n) is 10.5. The van der Waals surface area contributed by atoms with Crippen molar-refractivity contribution >= 4 is 33.4 Å². The van der Waals surface area contributed by atoms with Crippen molar-refractivity contribution in [1.29, 1.82) is 0 Å². The van der Waals surface area contributed by atoms with E-state index in [9.17, 15) is 9.90 Å². The van der Waals surface area contributed by atoms with Crippen molar-refractivity contribution in [3.8, 4) is 0 Å². The van der Waals surface area contributed by atoms with Gasteiger partial charge in [-0.1, -0.05) is 25.4 Å². The van der Waals surface area contributed by atoms with Crippen LogP contribution in [0.2, 0.25) is 5.02 Å². The van der Waals surface area contributed by atoms with E-state index in [1.54, 1.807) is 18.2 Å². The zero-order chi connectivity index (χ0) is 13.8. The summed E-state index contributed by atoms with van der Waals surface area (Å²) < 4.78 is 0.645. The van der Waals surface area contributed by atoms with Gasteiger partial charge in [-0.15, -0.1) is 0 Å². The summed E-state index contributed by atoms with van der Waals surface area (Å²) in [6.45, 7) is 3.81. The number of aliphatic hydroxyl groups excluding tert-OH is 1. The minimum absolute atomic E-state index is 0.0725. The molecule has 0 atom stereocenters. The molecule has 0 radical (unpaired) electrons. The molecule has 18 heavy (non-hydrogen) atoms. The second-order valence-corrected chi connectivity index (χ2v) is 5.51. The summed E-state index contributed by atoms with van der Waals surface area (Å²) in [5.41, 5.74) is -0.0463. The first-order valence-corrected chi connectivity index (χ1v) is 7.03. The van der Waals surface area contributed by atoms with Crippen molar-refractivity contribution in [2.45, 2.75) is 32.2 Å². The van der Waals surface area contributed by atoms with Gasteiger partial charge < -0.3 is 10.4 Å². The topological polar surface area (TPSA) is 49.3 Å². The van der Waals surface area contributed by atoms with Gasteiger partial charge in [0.25, 0.3) is 5.91 Å². The molecule has 1 amide bonds. The molecule has 1 aromatic carbocycles. The van der Waals surface area contributed by atoms with Crippen LogP contribution in [0.25, 0.3) is 0 Å². The van der Waals surface area contributed by atoms with Crippen molar-refractivity contribution in [2.24, 2.45) is 0 Å². The molecule has 0 heterocycles. The van der Waals surface area contributed by atoms with Crippen molar-refractivity contribution in [3.63, 3.8) is 0 Å². The van der Waals surface area contributed by atoms with E-state index < -0.39 is 5.54 Å². The Balaban J connectivity index is 2.94. The van der Waals surface area contributed by atoms with Crippen LogP contribution in [0.3, 0.4) is 0 Å². The highest BCUT2D eigenvalue weighted by Gasteiger charge is 2.28. The number of nitrogens with one attached hydrogen (secondary N) is 1. The third-order valence-electron chi connectivity index (χ3n) is 3.21. The Bertz CT molecular complexity index is 425. The maximum absolute atomic E-state index is 12.2. The highest BCUT2D eigenvalue weighted by molar-refractivity contribution is 9.10. The molecule has 1 rings (SSSR count). The molecule has 0 saturated heterocycles. The molecule has 0 fully saturated rings. The Kier molecular flexibility index (Phi) is 5.63. The first-order valence-electron chi connectivity index (χ1n) is 5.86. The maximum Gasteiger partial charge on any atom is 0.252 e. The van der Waals surface area contributed by atoms with Gasteiger partial charge in [0.15, 0.2) is 0 Å². The van der Waals surface area contributed by atoms with Gasteiger partial charge in [-0.25, -0.2) is 0 Å². The fourth-order valence-electron chi connectivity index (χ4n) is 1.67. The molecule has 100 valence electrons. The number of amides is 1. The van der Waals surface area contributed by atoms with Crippen molar-refractivity contribution in [1.82, 2.24) is 5.32 Å². The van der Waals surface area contributed by atoms with Crippen LogP contribution in [-0.4, -0.2) is 23.2 Å². The van der Waals surface area contributed by atoms with Crippen molar-refractivity contribution in [3.05, 3.63) is 33.3 Å². The van der Waals surface area contributed by atoms with Gasteiger partial charge in [0.05, 0.1) is 17.7 Å². The number of aliphatic hydroxyl groups is 1. The highest BCUT2D eigenvalue weighted by Crippen LogP contribution is 2.23. The SMILES string of the molecule is CCC(CC)(CO)NC(=O)c1ccc(Cl)cc1Br. The summed E-state index contributed by atoms with van der Waals surface area (Å²) in [7, 11) is 0. The quantitative estimate of drug-likeness (QED) is 0.867.